The fraction of sp³-hybridized carbons (Fsp3) is 0.190. The minimum absolute atomic E-state index is 0.333. The SMILES string of the molecule is CCOC(=O)c1ccc(Nc2nc(C)cc(Nc3cccc(C)c3)n2)cc1. The van der Waals surface area contributed by atoms with Crippen molar-refractivity contribution >= 4 is 29.1 Å². The van der Waals surface area contributed by atoms with Crippen molar-refractivity contribution in [2.75, 3.05) is 17.2 Å². The zero-order valence-corrected chi connectivity index (χ0v) is 15.6. The number of aryl methyl sites for hydroxylation is 2. The van der Waals surface area contributed by atoms with E-state index in [1.165, 1.54) is 5.56 Å². The minimum atomic E-state index is -0.333. The molecule has 0 fully saturated rings. The molecular formula is C21H22N4O2. The van der Waals surface area contributed by atoms with Crippen molar-refractivity contribution in [2.45, 2.75) is 20.8 Å². The highest BCUT2D eigenvalue weighted by atomic mass is 16.5. The van der Waals surface area contributed by atoms with Gasteiger partial charge in [0.2, 0.25) is 5.95 Å². The highest BCUT2D eigenvalue weighted by Crippen LogP contribution is 2.20. The van der Waals surface area contributed by atoms with Crippen LogP contribution in [-0.2, 0) is 4.74 Å². The van der Waals surface area contributed by atoms with Gasteiger partial charge in [-0.15, -0.1) is 0 Å². The number of benzene rings is 2. The van der Waals surface area contributed by atoms with E-state index in [1.807, 2.05) is 38.1 Å². The minimum Gasteiger partial charge on any atom is -0.462 e. The van der Waals surface area contributed by atoms with Crippen molar-refractivity contribution < 1.29 is 9.53 Å². The van der Waals surface area contributed by atoms with Crippen molar-refractivity contribution in [3.8, 4) is 0 Å². The molecule has 3 aromatic rings. The molecule has 1 heterocycles. The molecular weight excluding hydrogens is 340 g/mol. The predicted molar refractivity (Wildman–Crippen MR) is 107 cm³/mol. The van der Waals surface area contributed by atoms with E-state index in [2.05, 4.69) is 26.7 Å². The molecule has 0 amide bonds. The number of carbonyl (C=O) groups is 1. The first kappa shape index (κ1) is 18.4. The summed E-state index contributed by atoms with van der Waals surface area (Å²) in [5.74, 6) is 0.855. The van der Waals surface area contributed by atoms with Crippen LogP contribution in [0.5, 0.6) is 0 Å². The van der Waals surface area contributed by atoms with E-state index in [-0.39, 0.29) is 5.97 Å². The fourth-order valence-corrected chi connectivity index (χ4v) is 2.59. The molecule has 0 aliphatic rings. The molecule has 0 aliphatic carbocycles. The quantitative estimate of drug-likeness (QED) is 0.616. The first-order valence-corrected chi connectivity index (χ1v) is 8.77. The van der Waals surface area contributed by atoms with Gasteiger partial charge in [-0.25, -0.2) is 9.78 Å². The van der Waals surface area contributed by atoms with Crippen molar-refractivity contribution in [3.05, 3.63) is 71.4 Å². The number of hydrogen-bond acceptors (Lipinski definition) is 6. The monoisotopic (exact) mass is 362 g/mol. The van der Waals surface area contributed by atoms with Gasteiger partial charge in [-0.2, -0.15) is 4.98 Å². The topological polar surface area (TPSA) is 76.1 Å². The third kappa shape index (κ3) is 5.04. The number of ether oxygens (including phenoxy) is 1. The second-order valence-electron chi connectivity index (χ2n) is 6.14. The van der Waals surface area contributed by atoms with E-state index in [4.69, 9.17) is 4.74 Å². The number of nitrogens with zero attached hydrogens (tertiary/aromatic N) is 2. The van der Waals surface area contributed by atoms with Crippen LogP contribution >= 0.6 is 0 Å². The Bertz CT molecular complexity index is 939. The van der Waals surface area contributed by atoms with Gasteiger partial charge in [0, 0.05) is 23.1 Å². The van der Waals surface area contributed by atoms with Crippen molar-refractivity contribution in [2.24, 2.45) is 0 Å². The number of nitrogens with one attached hydrogen (secondary N) is 2. The maximum atomic E-state index is 11.7. The van der Waals surface area contributed by atoms with Crippen LogP contribution in [0.25, 0.3) is 0 Å². The lowest BCUT2D eigenvalue weighted by Crippen LogP contribution is -2.05. The van der Waals surface area contributed by atoms with Gasteiger partial charge < -0.3 is 15.4 Å². The Balaban J connectivity index is 1.75. The first-order valence-electron chi connectivity index (χ1n) is 8.77. The zero-order valence-electron chi connectivity index (χ0n) is 15.6. The molecule has 0 bridgehead atoms. The Morgan fingerprint density at radius 1 is 0.963 bits per heavy atom. The van der Waals surface area contributed by atoms with Gasteiger partial charge in [0.05, 0.1) is 12.2 Å². The number of anilines is 4. The number of hydrogen-bond donors (Lipinski definition) is 2. The van der Waals surface area contributed by atoms with E-state index in [0.29, 0.717) is 23.9 Å². The Labute approximate surface area is 158 Å². The molecule has 27 heavy (non-hydrogen) atoms. The maximum absolute atomic E-state index is 11.7. The average molecular weight is 362 g/mol. The average Bonchev–Trinajstić information content (AvgIpc) is 2.62. The highest BCUT2D eigenvalue weighted by Gasteiger charge is 2.07. The molecule has 0 saturated carbocycles. The summed E-state index contributed by atoms with van der Waals surface area (Å²) in [6.07, 6.45) is 0. The third-order valence-electron chi connectivity index (χ3n) is 3.80. The Hall–Kier alpha value is -3.41. The van der Waals surface area contributed by atoms with Crippen LogP contribution in [0.15, 0.2) is 54.6 Å². The Morgan fingerprint density at radius 3 is 2.44 bits per heavy atom. The van der Waals surface area contributed by atoms with Crippen molar-refractivity contribution in [3.63, 3.8) is 0 Å². The van der Waals surface area contributed by atoms with Gasteiger partial charge in [0.1, 0.15) is 5.82 Å². The van der Waals surface area contributed by atoms with Crippen LogP contribution in [0.2, 0.25) is 0 Å². The van der Waals surface area contributed by atoms with Gasteiger partial charge in [-0.3, -0.25) is 0 Å². The van der Waals surface area contributed by atoms with Crippen LogP contribution in [0.1, 0.15) is 28.5 Å². The smallest absolute Gasteiger partial charge is 0.338 e. The summed E-state index contributed by atoms with van der Waals surface area (Å²) in [6, 6.07) is 17.0. The molecule has 3 rings (SSSR count). The molecule has 138 valence electrons. The predicted octanol–water partition coefficient (Wildman–Crippen LogP) is 4.76. The van der Waals surface area contributed by atoms with Crippen molar-refractivity contribution in [1.29, 1.82) is 0 Å². The number of aromatic nitrogens is 2. The van der Waals surface area contributed by atoms with Crippen LogP contribution < -0.4 is 10.6 Å². The molecule has 6 nitrogen and oxygen atoms in total. The Morgan fingerprint density at radius 2 is 1.74 bits per heavy atom. The zero-order chi connectivity index (χ0) is 19.2. The van der Waals surface area contributed by atoms with Gasteiger partial charge >= 0.3 is 5.97 Å². The van der Waals surface area contributed by atoms with Gasteiger partial charge in [0.15, 0.2) is 0 Å². The third-order valence-corrected chi connectivity index (χ3v) is 3.80. The summed E-state index contributed by atoms with van der Waals surface area (Å²) in [5, 5.41) is 6.46. The van der Waals surface area contributed by atoms with Crippen LogP contribution in [0.3, 0.4) is 0 Å². The summed E-state index contributed by atoms with van der Waals surface area (Å²) in [5.41, 5.74) is 4.28. The van der Waals surface area contributed by atoms with E-state index < -0.39 is 0 Å². The summed E-state index contributed by atoms with van der Waals surface area (Å²) in [4.78, 5) is 20.7. The first-order chi connectivity index (χ1) is 13.0. The van der Waals surface area contributed by atoms with E-state index in [0.717, 1.165) is 17.1 Å². The lowest BCUT2D eigenvalue weighted by atomic mass is 10.2. The maximum Gasteiger partial charge on any atom is 0.338 e. The van der Waals surface area contributed by atoms with Crippen LogP contribution in [-0.4, -0.2) is 22.5 Å². The Kier molecular flexibility index (Phi) is 5.66. The molecule has 1 aromatic heterocycles. The van der Waals surface area contributed by atoms with Crippen LogP contribution in [0, 0.1) is 13.8 Å². The lowest BCUT2D eigenvalue weighted by molar-refractivity contribution is 0.0526. The second-order valence-corrected chi connectivity index (χ2v) is 6.14. The molecule has 2 aromatic carbocycles. The lowest BCUT2D eigenvalue weighted by Gasteiger charge is -2.11. The normalized spacial score (nSPS) is 10.3. The largest absolute Gasteiger partial charge is 0.462 e. The number of carbonyl (C=O) groups excluding carboxylic acids is 1. The van der Waals surface area contributed by atoms with E-state index in [1.54, 1.807) is 31.2 Å². The number of rotatable bonds is 6. The highest BCUT2D eigenvalue weighted by molar-refractivity contribution is 5.89. The molecule has 2 N–H and O–H groups in total. The molecule has 0 unspecified atom stereocenters. The second kappa shape index (κ2) is 8.31. The molecule has 0 aliphatic heterocycles. The summed E-state index contributed by atoms with van der Waals surface area (Å²) < 4.78 is 4.99. The molecule has 0 spiro atoms. The summed E-state index contributed by atoms with van der Waals surface area (Å²) in [6.45, 7) is 6.10. The number of esters is 1. The van der Waals surface area contributed by atoms with Gasteiger partial charge in [-0.05, 0) is 62.7 Å². The van der Waals surface area contributed by atoms with E-state index >= 15 is 0 Å². The van der Waals surface area contributed by atoms with E-state index in [9.17, 15) is 4.79 Å². The van der Waals surface area contributed by atoms with Gasteiger partial charge in [0.25, 0.3) is 0 Å². The molecule has 0 saturated heterocycles. The van der Waals surface area contributed by atoms with Crippen molar-refractivity contribution in [1.82, 2.24) is 9.97 Å². The summed E-state index contributed by atoms with van der Waals surface area (Å²) in [7, 11) is 0. The fourth-order valence-electron chi connectivity index (χ4n) is 2.59. The molecule has 0 atom stereocenters. The molecule has 6 heteroatoms. The summed E-state index contributed by atoms with van der Waals surface area (Å²) >= 11 is 0. The standard InChI is InChI=1S/C21H22N4O2/c1-4-27-20(26)16-8-10-17(11-9-16)24-21-22-15(3)13-19(25-21)23-18-7-5-6-14(2)12-18/h5-13H,4H2,1-3H3,(H2,22,23,24,25). The van der Waals surface area contributed by atoms with Gasteiger partial charge in [-0.1, -0.05) is 12.1 Å². The van der Waals surface area contributed by atoms with Crippen LogP contribution in [0.4, 0.5) is 23.1 Å². The molecule has 0 radical (unpaired) electrons.